The van der Waals surface area contributed by atoms with Crippen LogP contribution in [0.5, 0.6) is 23.0 Å². The van der Waals surface area contributed by atoms with Crippen LogP contribution in [0.15, 0.2) is 47.5 Å². The maximum Gasteiger partial charge on any atom is 0.187 e. The number of piperidine rings is 1. The van der Waals surface area contributed by atoms with Crippen LogP contribution in [0.4, 0.5) is 0 Å². The number of rotatable bonds is 14. The molecule has 250 valence electrons. The van der Waals surface area contributed by atoms with Crippen LogP contribution in [-0.4, -0.2) is 133 Å². The predicted molar refractivity (Wildman–Crippen MR) is 179 cm³/mol. The molecule has 3 heterocycles. The van der Waals surface area contributed by atoms with E-state index in [1.807, 2.05) is 48.6 Å². The number of benzene rings is 2. The van der Waals surface area contributed by atoms with Crippen molar-refractivity contribution in [3.8, 4) is 23.0 Å². The molecule has 0 bridgehead atoms. The van der Waals surface area contributed by atoms with Crippen LogP contribution >= 0.6 is 0 Å². The van der Waals surface area contributed by atoms with E-state index in [9.17, 15) is 4.79 Å². The van der Waals surface area contributed by atoms with Crippen LogP contribution < -0.4 is 18.9 Å². The van der Waals surface area contributed by atoms with Gasteiger partial charge in [-0.2, -0.15) is 0 Å². The van der Waals surface area contributed by atoms with E-state index in [4.69, 9.17) is 28.4 Å². The number of carbonyl (C=O) groups excluding carboxylic acids is 1. The Kier molecular flexibility index (Phi) is 12.9. The van der Waals surface area contributed by atoms with Crippen molar-refractivity contribution in [1.82, 2.24) is 14.7 Å². The first-order valence-electron chi connectivity index (χ1n) is 16.5. The van der Waals surface area contributed by atoms with Gasteiger partial charge in [0.2, 0.25) is 0 Å². The average Bonchev–Trinajstić information content (AvgIpc) is 3.09. The second-order valence-electron chi connectivity index (χ2n) is 11.8. The van der Waals surface area contributed by atoms with Gasteiger partial charge in [-0.3, -0.25) is 19.5 Å². The van der Waals surface area contributed by atoms with Gasteiger partial charge < -0.3 is 28.4 Å². The van der Waals surface area contributed by atoms with Gasteiger partial charge in [0.15, 0.2) is 28.8 Å². The van der Waals surface area contributed by atoms with Gasteiger partial charge in [0, 0.05) is 63.5 Å². The summed E-state index contributed by atoms with van der Waals surface area (Å²) in [6.45, 7) is 13.9. The van der Waals surface area contributed by atoms with Gasteiger partial charge in [0.25, 0.3) is 0 Å². The summed E-state index contributed by atoms with van der Waals surface area (Å²) in [5, 5.41) is 0. The summed E-state index contributed by atoms with van der Waals surface area (Å²) in [5.74, 6) is 2.76. The molecule has 0 radical (unpaired) electrons. The lowest BCUT2D eigenvalue weighted by Gasteiger charge is -2.29. The Labute approximate surface area is 273 Å². The SMILES string of the molecule is CCCN1C/C(=C\c2ccc(OCCN3CCOCC3)c(OC)c2)C(=O)/C(=C/c2ccc(OCCN3CCOCC3)c(OC)c2)C1. The molecule has 2 aromatic rings. The van der Waals surface area contributed by atoms with Gasteiger partial charge in [-0.05, 0) is 60.5 Å². The maximum absolute atomic E-state index is 13.8. The van der Waals surface area contributed by atoms with Crippen molar-refractivity contribution < 1.29 is 33.2 Å². The number of morpholine rings is 2. The van der Waals surface area contributed by atoms with Gasteiger partial charge in [-0.1, -0.05) is 19.1 Å². The van der Waals surface area contributed by atoms with Crippen molar-refractivity contribution in [3.63, 3.8) is 0 Å². The molecule has 5 rings (SSSR count). The average molecular weight is 636 g/mol. The number of methoxy groups -OCH3 is 2. The highest BCUT2D eigenvalue weighted by Crippen LogP contribution is 2.32. The Morgan fingerprint density at radius 3 is 1.52 bits per heavy atom. The first-order chi connectivity index (χ1) is 22.6. The summed E-state index contributed by atoms with van der Waals surface area (Å²) < 4.78 is 34.3. The molecule has 3 aliphatic heterocycles. The third kappa shape index (κ3) is 9.56. The number of nitrogens with zero attached hydrogens (tertiary/aromatic N) is 3. The topological polar surface area (TPSA) is 82.2 Å². The normalized spacial score (nSPS) is 20.3. The quantitative estimate of drug-likeness (QED) is 0.285. The van der Waals surface area contributed by atoms with E-state index >= 15 is 0 Å². The van der Waals surface area contributed by atoms with E-state index in [0.717, 1.165) is 101 Å². The number of carbonyl (C=O) groups is 1. The Balaban J connectivity index is 1.27. The van der Waals surface area contributed by atoms with Crippen LogP contribution in [0.3, 0.4) is 0 Å². The molecule has 0 N–H and O–H groups in total. The Hall–Kier alpha value is -3.41. The molecule has 0 unspecified atom stereocenters. The number of ketones is 1. The lowest BCUT2D eigenvalue weighted by molar-refractivity contribution is -0.113. The van der Waals surface area contributed by atoms with Crippen molar-refractivity contribution in [2.45, 2.75) is 13.3 Å². The van der Waals surface area contributed by atoms with Crippen LogP contribution in [0, 0.1) is 0 Å². The third-order valence-electron chi connectivity index (χ3n) is 8.51. The zero-order chi connectivity index (χ0) is 32.1. The Morgan fingerprint density at radius 2 is 1.11 bits per heavy atom. The van der Waals surface area contributed by atoms with Crippen molar-refractivity contribution in [1.29, 1.82) is 0 Å². The molecule has 0 atom stereocenters. The summed E-state index contributed by atoms with van der Waals surface area (Å²) >= 11 is 0. The largest absolute Gasteiger partial charge is 0.493 e. The molecule has 3 aliphatic rings. The Morgan fingerprint density at radius 1 is 0.652 bits per heavy atom. The van der Waals surface area contributed by atoms with E-state index in [0.29, 0.717) is 49.3 Å². The van der Waals surface area contributed by atoms with Crippen molar-refractivity contribution in [2.75, 3.05) is 113 Å². The molecule has 3 saturated heterocycles. The van der Waals surface area contributed by atoms with Crippen molar-refractivity contribution >= 4 is 17.9 Å². The molecule has 46 heavy (non-hydrogen) atoms. The van der Waals surface area contributed by atoms with E-state index in [1.54, 1.807) is 14.2 Å². The zero-order valence-electron chi connectivity index (χ0n) is 27.6. The lowest BCUT2D eigenvalue weighted by Crippen LogP contribution is -2.38. The predicted octanol–water partition coefficient (Wildman–Crippen LogP) is 3.89. The second kappa shape index (κ2) is 17.5. The minimum absolute atomic E-state index is 0.0574. The smallest absolute Gasteiger partial charge is 0.187 e. The van der Waals surface area contributed by atoms with E-state index in [2.05, 4.69) is 21.6 Å². The highest BCUT2D eigenvalue weighted by Gasteiger charge is 2.26. The molecular formula is C36H49N3O7. The molecule has 3 fully saturated rings. The van der Waals surface area contributed by atoms with Gasteiger partial charge >= 0.3 is 0 Å². The molecule has 10 heteroatoms. The van der Waals surface area contributed by atoms with E-state index in [-0.39, 0.29) is 5.78 Å². The fourth-order valence-corrected chi connectivity index (χ4v) is 5.99. The van der Waals surface area contributed by atoms with Crippen LogP contribution in [-0.2, 0) is 14.3 Å². The molecule has 2 aromatic carbocycles. The molecular weight excluding hydrogens is 586 g/mol. The molecule has 0 aromatic heterocycles. The third-order valence-corrected chi connectivity index (χ3v) is 8.51. The van der Waals surface area contributed by atoms with Gasteiger partial charge in [0.05, 0.1) is 40.6 Å². The lowest BCUT2D eigenvalue weighted by atomic mass is 9.94. The zero-order valence-corrected chi connectivity index (χ0v) is 27.6. The van der Waals surface area contributed by atoms with Gasteiger partial charge in [0.1, 0.15) is 13.2 Å². The fourth-order valence-electron chi connectivity index (χ4n) is 5.99. The number of Topliss-reactive ketones (excluding diaryl/α,β-unsaturated/α-hetero) is 1. The van der Waals surface area contributed by atoms with Crippen molar-refractivity contribution in [2.24, 2.45) is 0 Å². The summed E-state index contributed by atoms with van der Waals surface area (Å²) in [6, 6.07) is 11.7. The minimum Gasteiger partial charge on any atom is -0.493 e. The number of hydrogen-bond donors (Lipinski definition) is 0. The fraction of sp³-hybridized carbons (Fsp3) is 0.528. The van der Waals surface area contributed by atoms with E-state index in [1.165, 1.54) is 0 Å². The molecule has 0 aliphatic carbocycles. The van der Waals surface area contributed by atoms with Crippen LogP contribution in [0.25, 0.3) is 12.2 Å². The molecule has 10 nitrogen and oxygen atoms in total. The van der Waals surface area contributed by atoms with Crippen molar-refractivity contribution in [3.05, 3.63) is 58.7 Å². The standard InChI is InChI=1S/C36H49N3O7/c1-4-9-39-26-30(22-28-5-7-32(34(24-28)41-2)45-20-14-37-10-16-43-17-11-37)36(40)31(27-39)23-29-6-8-33(35(25-29)42-3)46-21-15-38-12-18-44-19-13-38/h5-8,22-25H,4,9-21,26-27H2,1-3H3/b30-22+,31-23+. The summed E-state index contributed by atoms with van der Waals surface area (Å²) in [5.41, 5.74) is 3.31. The number of ether oxygens (including phenoxy) is 6. The second-order valence-corrected chi connectivity index (χ2v) is 11.8. The highest BCUT2D eigenvalue weighted by molar-refractivity contribution is 6.14. The Bertz CT molecular complexity index is 1250. The first-order valence-corrected chi connectivity index (χ1v) is 16.5. The van der Waals surface area contributed by atoms with Crippen LogP contribution in [0.1, 0.15) is 24.5 Å². The van der Waals surface area contributed by atoms with Crippen LogP contribution in [0.2, 0.25) is 0 Å². The van der Waals surface area contributed by atoms with Gasteiger partial charge in [-0.15, -0.1) is 0 Å². The molecule has 0 amide bonds. The summed E-state index contributed by atoms with van der Waals surface area (Å²) in [6.07, 6.45) is 4.96. The number of likely N-dealkylation sites (tertiary alicyclic amines) is 1. The number of hydrogen-bond acceptors (Lipinski definition) is 10. The monoisotopic (exact) mass is 635 g/mol. The van der Waals surface area contributed by atoms with Gasteiger partial charge in [-0.25, -0.2) is 0 Å². The summed E-state index contributed by atoms with van der Waals surface area (Å²) in [7, 11) is 3.29. The molecule has 0 saturated carbocycles. The highest BCUT2D eigenvalue weighted by atomic mass is 16.5. The molecule has 0 spiro atoms. The summed E-state index contributed by atoms with van der Waals surface area (Å²) in [4.78, 5) is 20.8. The first kappa shape index (κ1) is 33.9. The maximum atomic E-state index is 13.8. The van der Waals surface area contributed by atoms with E-state index < -0.39 is 0 Å². The minimum atomic E-state index is 0.0574.